The van der Waals surface area contributed by atoms with E-state index in [9.17, 15) is 5.11 Å². The Morgan fingerprint density at radius 1 is 1.12 bits per heavy atom. The second kappa shape index (κ2) is 9.63. The number of aliphatic hydroxyl groups excluding tert-OH is 2. The molecule has 6 unspecified atom stereocenters. The third-order valence-corrected chi connectivity index (χ3v) is 9.36. The maximum absolute atomic E-state index is 10.5. The van der Waals surface area contributed by atoms with Crippen LogP contribution in [-0.4, -0.2) is 52.6 Å². The number of nitrogens with one attached hydrogen (secondary N) is 1. The molecule has 1 aromatic heterocycles. The third-order valence-electron chi connectivity index (χ3n) is 9.36. The summed E-state index contributed by atoms with van der Waals surface area (Å²) < 4.78 is 5.32. The van der Waals surface area contributed by atoms with Gasteiger partial charge in [-0.25, -0.2) is 4.98 Å². The smallest absolute Gasteiger partial charge is 0.208 e. The Labute approximate surface area is 199 Å². The lowest BCUT2D eigenvalue weighted by molar-refractivity contribution is -0.0721. The highest BCUT2D eigenvalue weighted by Gasteiger charge is 2.58. The van der Waals surface area contributed by atoms with Gasteiger partial charge in [0.25, 0.3) is 0 Å². The summed E-state index contributed by atoms with van der Waals surface area (Å²) in [5, 5.41) is 27.1. The summed E-state index contributed by atoms with van der Waals surface area (Å²) in [6.07, 6.45) is 13.8. The van der Waals surface area contributed by atoms with Crippen LogP contribution in [0.1, 0.15) is 76.9 Å². The van der Waals surface area contributed by atoms with Gasteiger partial charge in [0.05, 0.1) is 25.5 Å². The summed E-state index contributed by atoms with van der Waals surface area (Å²) in [5.74, 6) is 3.80. The van der Waals surface area contributed by atoms with Gasteiger partial charge in [0.15, 0.2) is 0 Å². The number of oxazole rings is 1. The zero-order valence-electron chi connectivity index (χ0n) is 20.9. The summed E-state index contributed by atoms with van der Waals surface area (Å²) in [6, 6.07) is 0. The SMILES string of the molecule is CC12CCC(=N)C=C1CCC1C2CCC2(C)C(O)CCC12.CN(C)Cc1ncc(CCO)o1. The zero-order valence-corrected chi connectivity index (χ0v) is 20.9. The topological polar surface area (TPSA) is 93.6 Å². The van der Waals surface area contributed by atoms with E-state index in [-0.39, 0.29) is 18.1 Å². The highest BCUT2D eigenvalue weighted by Crippen LogP contribution is 2.65. The van der Waals surface area contributed by atoms with E-state index in [1.54, 1.807) is 11.8 Å². The molecule has 4 aliphatic rings. The molecule has 0 amide bonds. The number of hydrogen-bond donors (Lipinski definition) is 3. The van der Waals surface area contributed by atoms with E-state index in [0.29, 0.717) is 24.3 Å². The van der Waals surface area contributed by atoms with E-state index in [2.05, 4.69) is 24.9 Å². The van der Waals surface area contributed by atoms with Gasteiger partial charge in [-0.1, -0.05) is 19.4 Å². The second-order valence-electron chi connectivity index (χ2n) is 11.6. The molecule has 6 nitrogen and oxygen atoms in total. The van der Waals surface area contributed by atoms with Gasteiger partial charge in [0.2, 0.25) is 5.89 Å². The van der Waals surface area contributed by atoms with Crippen molar-refractivity contribution in [3.05, 3.63) is 29.5 Å². The quantitative estimate of drug-likeness (QED) is 0.614. The van der Waals surface area contributed by atoms with Crippen LogP contribution in [0, 0.1) is 34.0 Å². The second-order valence-corrected chi connectivity index (χ2v) is 11.6. The molecule has 1 heterocycles. The predicted octanol–water partition coefficient (Wildman–Crippen LogP) is 4.60. The van der Waals surface area contributed by atoms with Gasteiger partial charge in [-0.05, 0) is 100 Å². The number of nitrogens with zero attached hydrogens (tertiary/aromatic N) is 2. The first-order valence-corrected chi connectivity index (χ1v) is 12.8. The van der Waals surface area contributed by atoms with Crippen molar-refractivity contribution < 1.29 is 14.6 Å². The highest BCUT2D eigenvalue weighted by atomic mass is 16.4. The van der Waals surface area contributed by atoms with Crippen LogP contribution in [0.25, 0.3) is 0 Å². The first-order valence-electron chi connectivity index (χ1n) is 12.8. The minimum atomic E-state index is -0.0623. The van der Waals surface area contributed by atoms with Gasteiger partial charge in [-0.15, -0.1) is 0 Å². The molecule has 6 atom stereocenters. The van der Waals surface area contributed by atoms with Crippen molar-refractivity contribution in [3.8, 4) is 0 Å². The van der Waals surface area contributed by atoms with Crippen LogP contribution in [-0.2, 0) is 13.0 Å². The Bertz CT molecular complexity index is 878. The lowest BCUT2D eigenvalue weighted by Crippen LogP contribution is -2.51. The van der Waals surface area contributed by atoms with Crippen LogP contribution in [0.4, 0.5) is 0 Å². The molecule has 0 aromatic carbocycles. The molecule has 3 N–H and O–H groups in total. The Morgan fingerprint density at radius 3 is 2.64 bits per heavy atom. The zero-order chi connectivity index (χ0) is 23.8. The Kier molecular flexibility index (Phi) is 7.18. The fraction of sp³-hybridized carbons (Fsp3) is 0.778. The van der Waals surface area contributed by atoms with Crippen LogP contribution in [0.5, 0.6) is 0 Å². The number of aliphatic hydroxyl groups is 2. The van der Waals surface area contributed by atoms with Gasteiger partial charge in [-0.2, -0.15) is 0 Å². The van der Waals surface area contributed by atoms with E-state index in [4.69, 9.17) is 14.9 Å². The molecule has 1 aromatic rings. The molecule has 5 rings (SSSR count). The largest absolute Gasteiger partial charge is 0.444 e. The van der Waals surface area contributed by atoms with E-state index in [1.165, 1.54) is 38.5 Å². The first-order chi connectivity index (χ1) is 15.7. The summed E-state index contributed by atoms with van der Waals surface area (Å²) in [6.45, 7) is 5.65. The maximum Gasteiger partial charge on any atom is 0.208 e. The number of hydrogen-bond acceptors (Lipinski definition) is 6. The molecule has 0 radical (unpaired) electrons. The molecule has 184 valence electrons. The fourth-order valence-corrected chi connectivity index (χ4v) is 7.48. The van der Waals surface area contributed by atoms with Gasteiger partial charge in [-0.3, -0.25) is 0 Å². The standard InChI is InChI=1S/C19H29NO.C8H14N2O2/c1-18-9-7-13(20)11-12(18)3-4-14-15-5-6-17(21)19(15,2)10-8-16(14)18;1-10(2)6-8-9-5-7(12-8)3-4-11/h11,14-17,20-21H,3-10H2,1-2H3;5,11H,3-4,6H2,1-2H3. The summed E-state index contributed by atoms with van der Waals surface area (Å²) in [5.41, 5.74) is 2.96. The fourth-order valence-electron chi connectivity index (χ4n) is 7.48. The number of aromatic nitrogens is 1. The molecule has 0 saturated heterocycles. The Balaban J connectivity index is 0.000000185. The maximum atomic E-state index is 10.5. The van der Waals surface area contributed by atoms with Crippen molar-refractivity contribution in [2.75, 3.05) is 20.7 Å². The highest BCUT2D eigenvalue weighted by molar-refractivity contribution is 5.94. The van der Waals surface area contributed by atoms with Crippen LogP contribution in [0.15, 0.2) is 22.3 Å². The number of fused-ring (bicyclic) bond motifs is 5. The van der Waals surface area contributed by atoms with E-state index in [0.717, 1.165) is 42.1 Å². The van der Waals surface area contributed by atoms with Crippen molar-refractivity contribution in [2.24, 2.45) is 28.6 Å². The van der Waals surface area contributed by atoms with Crippen molar-refractivity contribution in [3.63, 3.8) is 0 Å². The monoisotopic (exact) mass is 457 g/mol. The molecule has 0 spiro atoms. The first kappa shape index (κ1) is 24.6. The lowest BCUT2D eigenvalue weighted by atomic mass is 9.47. The van der Waals surface area contributed by atoms with Crippen LogP contribution in [0.2, 0.25) is 0 Å². The lowest BCUT2D eigenvalue weighted by Gasteiger charge is -2.57. The normalized spacial score (nSPS) is 37.5. The summed E-state index contributed by atoms with van der Waals surface area (Å²) in [4.78, 5) is 6.04. The average Bonchev–Trinajstić information content (AvgIpc) is 3.32. The van der Waals surface area contributed by atoms with Crippen molar-refractivity contribution in [1.82, 2.24) is 9.88 Å². The Hall–Kier alpha value is -1.50. The number of rotatable bonds is 4. The third kappa shape index (κ3) is 4.71. The van der Waals surface area contributed by atoms with E-state index >= 15 is 0 Å². The van der Waals surface area contributed by atoms with Crippen LogP contribution in [0.3, 0.4) is 0 Å². The minimum absolute atomic E-state index is 0.0623. The Morgan fingerprint density at radius 2 is 1.91 bits per heavy atom. The van der Waals surface area contributed by atoms with Crippen molar-refractivity contribution in [2.45, 2.75) is 84.3 Å². The van der Waals surface area contributed by atoms with Crippen molar-refractivity contribution in [1.29, 1.82) is 5.41 Å². The van der Waals surface area contributed by atoms with Crippen molar-refractivity contribution >= 4 is 5.71 Å². The van der Waals surface area contributed by atoms with Crippen LogP contribution >= 0.6 is 0 Å². The van der Waals surface area contributed by atoms with Gasteiger partial charge < -0.3 is 24.9 Å². The van der Waals surface area contributed by atoms with Gasteiger partial charge >= 0.3 is 0 Å². The van der Waals surface area contributed by atoms with Gasteiger partial charge in [0, 0.05) is 12.1 Å². The molecule has 6 heteroatoms. The van der Waals surface area contributed by atoms with Crippen LogP contribution < -0.4 is 0 Å². The molecule has 4 aliphatic carbocycles. The molecule has 33 heavy (non-hydrogen) atoms. The predicted molar refractivity (Wildman–Crippen MR) is 130 cm³/mol. The molecule has 3 fully saturated rings. The average molecular weight is 458 g/mol. The van der Waals surface area contributed by atoms with Gasteiger partial charge in [0.1, 0.15) is 5.76 Å². The summed E-state index contributed by atoms with van der Waals surface area (Å²) in [7, 11) is 3.91. The molecule has 3 saturated carbocycles. The molecular formula is C27H43N3O3. The number of allylic oxidation sites excluding steroid dienone is 2. The molecular weight excluding hydrogens is 414 g/mol. The molecule has 0 bridgehead atoms. The van der Waals surface area contributed by atoms with E-state index < -0.39 is 0 Å². The van der Waals surface area contributed by atoms with E-state index in [1.807, 2.05) is 19.0 Å². The minimum Gasteiger partial charge on any atom is -0.444 e. The summed E-state index contributed by atoms with van der Waals surface area (Å²) >= 11 is 0. The molecule has 0 aliphatic heterocycles.